The molecule has 1 aromatic rings. The predicted octanol–water partition coefficient (Wildman–Crippen LogP) is 1.63. The molecule has 1 heterocycles. The van der Waals surface area contributed by atoms with E-state index in [1.807, 2.05) is 18.4 Å². The fourth-order valence-electron chi connectivity index (χ4n) is 1.84. The Balaban J connectivity index is 3.02. The van der Waals surface area contributed by atoms with Gasteiger partial charge in [0, 0.05) is 38.3 Å². The van der Waals surface area contributed by atoms with Gasteiger partial charge in [-0.15, -0.1) is 0 Å². The van der Waals surface area contributed by atoms with Crippen LogP contribution in [0.2, 0.25) is 0 Å². The van der Waals surface area contributed by atoms with Gasteiger partial charge in [0.1, 0.15) is 5.82 Å². The molecule has 0 bridgehead atoms. The minimum absolute atomic E-state index is 0.112. The first kappa shape index (κ1) is 17.6. The molecule has 0 aliphatic carbocycles. The average molecular weight is 368 g/mol. The number of hydrogen-bond donors (Lipinski definition) is 0. The molecular formula is C12H22BrN3O3S. The Bertz CT molecular complexity index is 516. The first-order chi connectivity index (χ1) is 9.47. The molecular weight excluding hydrogens is 346 g/mol. The lowest BCUT2D eigenvalue weighted by Gasteiger charge is -2.19. The SMILES string of the molecule is CCCn1cc(S(=O)(=O)N(CCBr)CCOC)nc1C. The molecule has 0 N–H and O–H groups in total. The second-order valence-electron chi connectivity index (χ2n) is 4.41. The lowest BCUT2D eigenvalue weighted by Crippen LogP contribution is -2.35. The van der Waals surface area contributed by atoms with Crippen LogP contribution in [0.3, 0.4) is 0 Å². The monoisotopic (exact) mass is 367 g/mol. The Kier molecular flexibility index (Phi) is 7.14. The van der Waals surface area contributed by atoms with Crippen molar-refractivity contribution in [2.45, 2.75) is 31.8 Å². The third-order valence-corrected chi connectivity index (χ3v) is 5.03. The summed E-state index contributed by atoms with van der Waals surface area (Å²) in [4.78, 5) is 4.19. The maximum atomic E-state index is 12.6. The van der Waals surface area contributed by atoms with E-state index in [0.717, 1.165) is 18.8 Å². The summed E-state index contributed by atoms with van der Waals surface area (Å²) in [6, 6.07) is 0. The zero-order chi connectivity index (χ0) is 15.2. The molecule has 0 aromatic carbocycles. The molecule has 0 saturated heterocycles. The van der Waals surface area contributed by atoms with E-state index in [1.54, 1.807) is 13.3 Å². The molecule has 0 amide bonds. The van der Waals surface area contributed by atoms with E-state index in [-0.39, 0.29) is 5.03 Å². The van der Waals surface area contributed by atoms with E-state index >= 15 is 0 Å². The van der Waals surface area contributed by atoms with Crippen LogP contribution in [0.25, 0.3) is 0 Å². The number of aryl methyl sites for hydroxylation is 2. The van der Waals surface area contributed by atoms with Gasteiger partial charge in [0.05, 0.1) is 6.61 Å². The van der Waals surface area contributed by atoms with Crippen LogP contribution in [0.1, 0.15) is 19.2 Å². The molecule has 0 spiro atoms. The quantitative estimate of drug-likeness (QED) is 0.622. The highest BCUT2D eigenvalue weighted by atomic mass is 79.9. The first-order valence-corrected chi connectivity index (χ1v) is 9.12. The van der Waals surface area contributed by atoms with E-state index in [1.165, 1.54) is 4.31 Å². The van der Waals surface area contributed by atoms with Crippen molar-refractivity contribution in [2.75, 3.05) is 32.1 Å². The number of nitrogens with zero attached hydrogens (tertiary/aromatic N) is 3. The Morgan fingerprint density at radius 2 is 2.15 bits per heavy atom. The molecule has 0 aliphatic rings. The van der Waals surface area contributed by atoms with Crippen molar-refractivity contribution in [2.24, 2.45) is 0 Å². The van der Waals surface area contributed by atoms with Gasteiger partial charge in [-0.05, 0) is 13.3 Å². The van der Waals surface area contributed by atoms with Gasteiger partial charge >= 0.3 is 0 Å². The van der Waals surface area contributed by atoms with Crippen LogP contribution in [-0.2, 0) is 21.3 Å². The molecule has 1 aromatic heterocycles. The molecule has 116 valence electrons. The van der Waals surface area contributed by atoms with Crippen molar-refractivity contribution in [1.82, 2.24) is 13.9 Å². The molecule has 0 atom stereocenters. The summed E-state index contributed by atoms with van der Waals surface area (Å²) >= 11 is 3.28. The number of aromatic nitrogens is 2. The lowest BCUT2D eigenvalue weighted by molar-refractivity contribution is 0.180. The zero-order valence-corrected chi connectivity index (χ0v) is 14.6. The Morgan fingerprint density at radius 3 is 2.70 bits per heavy atom. The van der Waals surface area contributed by atoms with Gasteiger partial charge in [-0.3, -0.25) is 0 Å². The highest BCUT2D eigenvalue weighted by Gasteiger charge is 2.26. The van der Waals surface area contributed by atoms with Crippen molar-refractivity contribution in [3.05, 3.63) is 12.0 Å². The maximum Gasteiger partial charge on any atom is 0.262 e. The first-order valence-electron chi connectivity index (χ1n) is 6.56. The lowest BCUT2D eigenvalue weighted by atomic mass is 10.5. The summed E-state index contributed by atoms with van der Waals surface area (Å²) in [6.45, 7) is 5.71. The smallest absolute Gasteiger partial charge is 0.262 e. The number of hydrogen-bond acceptors (Lipinski definition) is 4. The second kappa shape index (κ2) is 8.11. The third-order valence-electron chi connectivity index (χ3n) is 2.90. The summed E-state index contributed by atoms with van der Waals surface area (Å²) in [5, 5.41) is 0.686. The molecule has 0 aliphatic heterocycles. The summed E-state index contributed by atoms with van der Waals surface area (Å²) in [7, 11) is -2.01. The molecule has 1 rings (SSSR count). The Morgan fingerprint density at radius 1 is 1.45 bits per heavy atom. The predicted molar refractivity (Wildman–Crippen MR) is 81.7 cm³/mol. The molecule has 0 saturated carbocycles. The van der Waals surface area contributed by atoms with Crippen molar-refractivity contribution >= 4 is 26.0 Å². The summed E-state index contributed by atoms with van der Waals surface area (Å²) in [5.41, 5.74) is 0. The normalized spacial score (nSPS) is 12.2. The minimum atomic E-state index is -3.56. The van der Waals surface area contributed by atoms with Gasteiger partial charge < -0.3 is 9.30 Å². The number of methoxy groups -OCH3 is 1. The van der Waals surface area contributed by atoms with Gasteiger partial charge in [-0.2, -0.15) is 4.31 Å². The Hall–Kier alpha value is -0.440. The van der Waals surface area contributed by atoms with Crippen LogP contribution >= 0.6 is 15.9 Å². The summed E-state index contributed by atoms with van der Waals surface area (Å²) in [5.74, 6) is 0.718. The Labute approximate surface area is 129 Å². The van der Waals surface area contributed by atoms with Crippen LogP contribution in [-0.4, -0.2) is 54.4 Å². The van der Waals surface area contributed by atoms with E-state index in [0.29, 0.717) is 25.0 Å². The summed E-state index contributed by atoms with van der Waals surface area (Å²) < 4.78 is 33.4. The van der Waals surface area contributed by atoms with Gasteiger partial charge in [-0.25, -0.2) is 13.4 Å². The molecule has 6 nitrogen and oxygen atoms in total. The standard InChI is InChI=1S/C12H22BrN3O3S/c1-4-6-15-10-12(14-11(15)2)20(17,18)16(7-5-13)8-9-19-3/h10H,4-9H2,1-3H3. The van der Waals surface area contributed by atoms with Crippen LogP contribution in [0.5, 0.6) is 0 Å². The van der Waals surface area contributed by atoms with Gasteiger partial charge in [0.15, 0.2) is 5.03 Å². The van der Waals surface area contributed by atoms with Crippen LogP contribution in [0, 0.1) is 6.92 Å². The average Bonchev–Trinajstić information content (AvgIpc) is 2.77. The highest BCUT2D eigenvalue weighted by Crippen LogP contribution is 2.16. The van der Waals surface area contributed by atoms with Crippen LogP contribution < -0.4 is 0 Å². The van der Waals surface area contributed by atoms with Gasteiger partial charge in [0.25, 0.3) is 10.0 Å². The largest absolute Gasteiger partial charge is 0.383 e. The number of alkyl halides is 1. The van der Waals surface area contributed by atoms with Crippen LogP contribution in [0.15, 0.2) is 11.2 Å². The van der Waals surface area contributed by atoms with E-state index < -0.39 is 10.0 Å². The maximum absolute atomic E-state index is 12.6. The van der Waals surface area contributed by atoms with E-state index in [2.05, 4.69) is 20.9 Å². The minimum Gasteiger partial charge on any atom is -0.383 e. The number of imidazole rings is 1. The number of rotatable bonds is 9. The molecule has 0 fully saturated rings. The zero-order valence-electron chi connectivity index (χ0n) is 12.2. The number of halogens is 1. The van der Waals surface area contributed by atoms with Crippen molar-refractivity contribution in [1.29, 1.82) is 0 Å². The van der Waals surface area contributed by atoms with Crippen LogP contribution in [0.4, 0.5) is 0 Å². The van der Waals surface area contributed by atoms with E-state index in [9.17, 15) is 8.42 Å². The van der Waals surface area contributed by atoms with Crippen molar-refractivity contribution in [3.63, 3.8) is 0 Å². The highest BCUT2D eigenvalue weighted by molar-refractivity contribution is 9.09. The molecule has 20 heavy (non-hydrogen) atoms. The van der Waals surface area contributed by atoms with Crippen molar-refractivity contribution in [3.8, 4) is 0 Å². The topological polar surface area (TPSA) is 64.4 Å². The van der Waals surface area contributed by atoms with Gasteiger partial charge in [0.2, 0.25) is 0 Å². The second-order valence-corrected chi connectivity index (χ2v) is 7.08. The summed E-state index contributed by atoms with van der Waals surface area (Å²) in [6.07, 6.45) is 2.55. The molecule has 8 heteroatoms. The number of ether oxygens (including phenoxy) is 1. The van der Waals surface area contributed by atoms with Crippen molar-refractivity contribution < 1.29 is 13.2 Å². The fraction of sp³-hybridized carbons (Fsp3) is 0.750. The molecule has 0 unspecified atom stereocenters. The molecule has 0 radical (unpaired) electrons. The van der Waals surface area contributed by atoms with E-state index in [4.69, 9.17) is 4.74 Å². The third kappa shape index (κ3) is 4.28. The van der Waals surface area contributed by atoms with Gasteiger partial charge in [-0.1, -0.05) is 22.9 Å². The fourth-order valence-corrected chi connectivity index (χ4v) is 3.92. The number of sulfonamides is 1.